The summed E-state index contributed by atoms with van der Waals surface area (Å²) in [4.78, 5) is 4.38. The van der Waals surface area contributed by atoms with Gasteiger partial charge in [0.05, 0.1) is 10.0 Å². The zero-order valence-corrected chi connectivity index (χ0v) is 11.7. The van der Waals surface area contributed by atoms with Crippen LogP contribution in [0.5, 0.6) is 5.75 Å². The number of nitrogens with zero attached hydrogens (tertiary/aromatic N) is 1. The molecule has 0 fully saturated rings. The van der Waals surface area contributed by atoms with Gasteiger partial charge in [0.25, 0.3) is 0 Å². The van der Waals surface area contributed by atoms with Gasteiger partial charge in [0.2, 0.25) is 5.89 Å². The topological polar surface area (TPSA) is 72.3 Å². The third kappa shape index (κ3) is 2.06. The fraction of sp³-hybridized carbons (Fsp3) is 0.0714. The molecule has 0 radical (unpaired) electrons. The van der Waals surface area contributed by atoms with Crippen molar-refractivity contribution in [3.63, 3.8) is 0 Å². The number of fused-ring (bicyclic) bond motifs is 1. The minimum atomic E-state index is 0.0671. The molecule has 2 aromatic carbocycles. The number of rotatable bonds is 1. The Morgan fingerprint density at radius 3 is 2.84 bits per heavy atom. The lowest BCUT2D eigenvalue weighted by atomic mass is 10.2. The number of phenolic OH excluding ortho intramolecular Hbond substituents is 1. The van der Waals surface area contributed by atoms with Crippen LogP contribution in [0.2, 0.25) is 0 Å². The van der Waals surface area contributed by atoms with Crippen LogP contribution in [0.25, 0.3) is 22.6 Å². The summed E-state index contributed by atoms with van der Waals surface area (Å²) in [7, 11) is 0. The maximum Gasteiger partial charge on any atom is 0.231 e. The van der Waals surface area contributed by atoms with Gasteiger partial charge in [-0.2, -0.15) is 0 Å². The molecule has 0 aliphatic carbocycles. The molecule has 0 atom stereocenters. The second-order valence-corrected chi connectivity index (χ2v) is 5.24. The molecule has 0 unspecified atom stereocenters. The monoisotopic (exact) mass is 318 g/mol. The Morgan fingerprint density at radius 2 is 2.05 bits per heavy atom. The third-order valence-electron chi connectivity index (χ3n) is 2.86. The summed E-state index contributed by atoms with van der Waals surface area (Å²) in [5.41, 5.74) is 9.31. The lowest BCUT2D eigenvalue weighted by molar-refractivity contribution is 0.471. The van der Waals surface area contributed by atoms with Gasteiger partial charge in [-0.15, -0.1) is 0 Å². The highest BCUT2D eigenvalue weighted by molar-refractivity contribution is 9.10. The molecule has 0 saturated carbocycles. The lowest BCUT2D eigenvalue weighted by Gasteiger charge is -2.04. The van der Waals surface area contributed by atoms with Crippen molar-refractivity contribution in [2.45, 2.75) is 6.92 Å². The Hall–Kier alpha value is -2.01. The number of aryl methyl sites for hydroxylation is 1. The van der Waals surface area contributed by atoms with E-state index in [9.17, 15) is 5.11 Å². The lowest BCUT2D eigenvalue weighted by Crippen LogP contribution is -1.88. The van der Waals surface area contributed by atoms with Crippen LogP contribution < -0.4 is 5.73 Å². The Bertz CT molecular complexity index is 780. The van der Waals surface area contributed by atoms with Crippen LogP contribution in [0.3, 0.4) is 0 Å². The molecule has 0 aliphatic heterocycles. The Kier molecular flexibility index (Phi) is 2.71. The summed E-state index contributed by atoms with van der Waals surface area (Å²) in [6.07, 6.45) is 0. The van der Waals surface area contributed by atoms with Crippen molar-refractivity contribution in [3.8, 4) is 17.2 Å². The van der Waals surface area contributed by atoms with Crippen LogP contribution in [-0.4, -0.2) is 10.1 Å². The number of benzene rings is 2. The van der Waals surface area contributed by atoms with E-state index in [4.69, 9.17) is 10.2 Å². The molecule has 3 rings (SSSR count). The van der Waals surface area contributed by atoms with E-state index in [1.54, 1.807) is 12.1 Å². The van der Waals surface area contributed by atoms with Crippen molar-refractivity contribution >= 4 is 32.7 Å². The van der Waals surface area contributed by atoms with Gasteiger partial charge in [-0.25, -0.2) is 4.98 Å². The van der Waals surface area contributed by atoms with E-state index in [-0.39, 0.29) is 5.75 Å². The second kappa shape index (κ2) is 4.28. The fourth-order valence-electron chi connectivity index (χ4n) is 1.94. The van der Waals surface area contributed by atoms with Gasteiger partial charge in [0.1, 0.15) is 11.3 Å². The maximum atomic E-state index is 10.1. The van der Waals surface area contributed by atoms with Gasteiger partial charge >= 0.3 is 0 Å². The van der Waals surface area contributed by atoms with Crippen molar-refractivity contribution in [1.82, 2.24) is 4.98 Å². The SMILES string of the molecule is Cc1ccc2oc(-c3cc(N)cc(Br)c3O)nc2c1. The first-order chi connectivity index (χ1) is 9.04. The molecule has 1 aromatic heterocycles. The summed E-state index contributed by atoms with van der Waals surface area (Å²) in [5, 5.41) is 10.1. The normalized spacial score (nSPS) is 11.1. The molecule has 0 bridgehead atoms. The predicted molar refractivity (Wildman–Crippen MR) is 78.0 cm³/mol. The standard InChI is InChI=1S/C14H11BrN2O2/c1-7-2-3-12-11(4-7)17-14(19-12)9-5-8(16)6-10(15)13(9)18/h2-6,18H,16H2,1H3. The first-order valence-electron chi connectivity index (χ1n) is 5.70. The molecule has 0 saturated heterocycles. The van der Waals surface area contributed by atoms with E-state index >= 15 is 0 Å². The van der Waals surface area contributed by atoms with Gasteiger partial charge in [-0.1, -0.05) is 6.07 Å². The number of nitrogen functional groups attached to an aromatic ring is 1. The third-order valence-corrected chi connectivity index (χ3v) is 3.46. The van der Waals surface area contributed by atoms with Crippen LogP contribution in [0.15, 0.2) is 39.2 Å². The number of oxazole rings is 1. The Balaban J connectivity index is 2.24. The molecule has 0 amide bonds. The number of nitrogens with two attached hydrogens (primary N) is 1. The zero-order chi connectivity index (χ0) is 13.6. The smallest absolute Gasteiger partial charge is 0.231 e. The van der Waals surface area contributed by atoms with E-state index in [0.29, 0.717) is 27.2 Å². The number of aromatic nitrogens is 1. The molecular formula is C14H11BrN2O2. The summed E-state index contributed by atoms with van der Waals surface area (Å²) in [5.74, 6) is 0.420. The fourth-order valence-corrected chi connectivity index (χ4v) is 2.41. The summed E-state index contributed by atoms with van der Waals surface area (Å²) < 4.78 is 6.17. The van der Waals surface area contributed by atoms with Crippen LogP contribution in [0, 0.1) is 6.92 Å². The molecule has 3 aromatic rings. The first-order valence-corrected chi connectivity index (χ1v) is 6.49. The van der Waals surface area contributed by atoms with Gasteiger partial charge in [-0.3, -0.25) is 0 Å². The molecule has 0 spiro atoms. The average molecular weight is 319 g/mol. The van der Waals surface area contributed by atoms with E-state index < -0.39 is 0 Å². The number of anilines is 1. The maximum absolute atomic E-state index is 10.1. The summed E-state index contributed by atoms with van der Waals surface area (Å²) in [6.45, 7) is 1.99. The average Bonchev–Trinajstić information content (AvgIpc) is 2.76. The van der Waals surface area contributed by atoms with Crippen LogP contribution in [0.4, 0.5) is 5.69 Å². The number of hydrogen-bond acceptors (Lipinski definition) is 4. The minimum absolute atomic E-state index is 0.0671. The van der Waals surface area contributed by atoms with Crippen LogP contribution in [0.1, 0.15) is 5.56 Å². The predicted octanol–water partition coefficient (Wildman–Crippen LogP) is 3.85. The number of halogens is 1. The molecule has 0 aliphatic rings. The van der Waals surface area contributed by atoms with Gasteiger partial charge in [0.15, 0.2) is 5.58 Å². The van der Waals surface area contributed by atoms with Gasteiger partial charge in [-0.05, 0) is 52.7 Å². The Morgan fingerprint density at radius 1 is 1.26 bits per heavy atom. The summed E-state index contributed by atoms with van der Waals surface area (Å²) in [6, 6.07) is 9.01. The van der Waals surface area contributed by atoms with E-state index in [2.05, 4.69) is 20.9 Å². The molecule has 19 heavy (non-hydrogen) atoms. The zero-order valence-electron chi connectivity index (χ0n) is 10.1. The second-order valence-electron chi connectivity index (χ2n) is 4.39. The first kappa shape index (κ1) is 12.0. The van der Waals surface area contributed by atoms with Gasteiger partial charge < -0.3 is 15.3 Å². The molecule has 5 heteroatoms. The number of hydrogen-bond donors (Lipinski definition) is 2. The van der Waals surface area contributed by atoms with Gasteiger partial charge in [0, 0.05) is 5.69 Å². The summed E-state index contributed by atoms with van der Waals surface area (Å²) >= 11 is 3.25. The molecule has 1 heterocycles. The van der Waals surface area contributed by atoms with E-state index in [1.165, 1.54) is 0 Å². The molecule has 3 N–H and O–H groups in total. The molecular weight excluding hydrogens is 308 g/mol. The molecule has 96 valence electrons. The van der Waals surface area contributed by atoms with Crippen molar-refractivity contribution in [2.75, 3.05) is 5.73 Å². The highest BCUT2D eigenvalue weighted by atomic mass is 79.9. The number of phenols is 1. The van der Waals surface area contributed by atoms with Crippen molar-refractivity contribution in [2.24, 2.45) is 0 Å². The number of aromatic hydroxyl groups is 1. The van der Waals surface area contributed by atoms with Crippen molar-refractivity contribution in [3.05, 3.63) is 40.4 Å². The van der Waals surface area contributed by atoms with Crippen molar-refractivity contribution < 1.29 is 9.52 Å². The van der Waals surface area contributed by atoms with Crippen LogP contribution >= 0.6 is 15.9 Å². The molecule has 4 nitrogen and oxygen atoms in total. The largest absolute Gasteiger partial charge is 0.506 e. The quantitative estimate of drug-likeness (QED) is 0.528. The van der Waals surface area contributed by atoms with Crippen LogP contribution in [-0.2, 0) is 0 Å². The Labute approximate surface area is 118 Å². The van der Waals surface area contributed by atoms with Crippen molar-refractivity contribution in [1.29, 1.82) is 0 Å². The highest BCUT2D eigenvalue weighted by Gasteiger charge is 2.15. The van der Waals surface area contributed by atoms with E-state index in [0.717, 1.165) is 11.1 Å². The minimum Gasteiger partial charge on any atom is -0.506 e. The van der Waals surface area contributed by atoms with E-state index in [1.807, 2.05) is 25.1 Å². The highest BCUT2D eigenvalue weighted by Crippen LogP contribution is 2.38.